The predicted molar refractivity (Wildman–Crippen MR) is 85.8 cm³/mol. The van der Waals surface area contributed by atoms with Crippen LogP contribution in [0, 0.1) is 6.92 Å². The number of nitrogens with zero attached hydrogens (tertiary/aromatic N) is 1. The van der Waals surface area contributed by atoms with E-state index < -0.39 is 0 Å². The maximum Gasteiger partial charge on any atom is 0.226 e. The van der Waals surface area contributed by atoms with Crippen LogP contribution in [0.25, 0.3) is 11.5 Å². The second-order valence-corrected chi connectivity index (χ2v) is 5.29. The van der Waals surface area contributed by atoms with Gasteiger partial charge in [-0.2, -0.15) is 0 Å². The molecule has 1 heterocycles. The number of hydrogen-bond acceptors (Lipinski definition) is 3. The van der Waals surface area contributed by atoms with Crippen molar-refractivity contribution in [3.05, 3.63) is 77.7 Å². The quantitative estimate of drug-likeness (QED) is 0.651. The van der Waals surface area contributed by atoms with E-state index in [1.807, 2.05) is 61.5 Å². The first-order chi connectivity index (χ1) is 10.7. The van der Waals surface area contributed by atoms with Crippen LogP contribution in [0.2, 0.25) is 0 Å². The SMILES string of the molecule is Cc1cccc(C(=O)CCc2cnc(-c3ccccc3)o2)c1. The number of Topliss-reactive ketones (excluding diaryl/α,β-unsaturated/α-hetero) is 1. The minimum Gasteiger partial charge on any atom is -0.441 e. The van der Waals surface area contributed by atoms with Crippen molar-refractivity contribution in [1.29, 1.82) is 0 Å². The predicted octanol–water partition coefficient (Wildman–Crippen LogP) is 4.47. The van der Waals surface area contributed by atoms with Crippen LogP contribution in [-0.2, 0) is 6.42 Å². The third kappa shape index (κ3) is 3.31. The fraction of sp³-hybridized carbons (Fsp3) is 0.158. The smallest absolute Gasteiger partial charge is 0.226 e. The summed E-state index contributed by atoms with van der Waals surface area (Å²) in [4.78, 5) is 16.5. The van der Waals surface area contributed by atoms with Crippen molar-refractivity contribution in [2.45, 2.75) is 19.8 Å². The van der Waals surface area contributed by atoms with Crippen molar-refractivity contribution in [3.63, 3.8) is 0 Å². The van der Waals surface area contributed by atoms with Gasteiger partial charge in [0.1, 0.15) is 5.76 Å². The van der Waals surface area contributed by atoms with Gasteiger partial charge in [-0.05, 0) is 25.1 Å². The number of hydrogen-bond donors (Lipinski definition) is 0. The van der Waals surface area contributed by atoms with Gasteiger partial charge in [0.2, 0.25) is 5.89 Å². The zero-order valence-electron chi connectivity index (χ0n) is 12.5. The molecule has 2 aromatic carbocycles. The second kappa shape index (κ2) is 6.39. The number of carbonyl (C=O) groups is 1. The lowest BCUT2D eigenvalue weighted by atomic mass is 10.0. The summed E-state index contributed by atoms with van der Waals surface area (Å²) in [6.07, 6.45) is 2.69. The van der Waals surface area contributed by atoms with Crippen molar-refractivity contribution in [2.24, 2.45) is 0 Å². The third-order valence-corrected chi connectivity index (χ3v) is 3.51. The molecule has 0 aliphatic heterocycles. The fourth-order valence-electron chi connectivity index (χ4n) is 2.34. The molecule has 0 aliphatic rings. The number of ketones is 1. The Morgan fingerprint density at radius 2 is 1.91 bits per heavy atom. The van der Waals surface area contributed by atoms with E-state index in [0.29, 0.717) is 18.7 Å². The Balaban J connectivity index is 1.65. The molecule has 1 aromatic heterocycles. The highest BCUT2D eigenvalue weighted by Crippen LogP contribution is 2.19. The normalized spacial score (nSPS) is 10.6. The van der Waals surface area contributed by atoms with Gasteiger partial charge in [0, 0.05) is 24.0 Å². The van der Waals surface area contributed by atoms with Crippen LogP contribution in [0.5, 0.6) is 0 Å². The molecular weight excluding hydrogens is 274 g/mol. The maximum atomic E-state index is 12.2. The van der Waals surface area contributed by atoms with Gasteiger partial charge in [-0.15, -0.1) is 0 Å². The average molecular weight is 291 g/mol. The van der Waals surface area contributed by atoms with E-state index in [1.165, 1.54) is 0 Å². The Bertz CT molecular complexity index is 775. The largest absolute Gasteiger partial charge is 0.441 e. The zero-order chi connectivity index (χ0) is 15.4. The first-order valence-corrected chi connectivity index (χ1v) is 7.32. The first kappa shape index (κ1) is 14.3. The van der Waals surface area contributed by atoms with Crippen molar-refractivity contribution < 1.29 is 9.21 Å². The molecule has 0 saturated carbocycles. The molecule has 3 rings (SSSR count). The van der Waals surface area contributed by atoms with Crippen LogP contribution in [0.1, 0.15) is 28.1 Å². The van der Waals surface area contributed by atoms with Crippen molar-refractivity contribution in [3.8, 4) is 11.5 Å². The number of benzene rings is 2. The molecule has 22 heavy (non-hydrogen) atoms. The van der Waals surface area contributed by atoms with Crippen LogP contribution in [0.4, 0.5) is 0 Å². The van der Waals surface area contributed by atoms with Crippen molar-refractivity contribution in [2.75, 3.05) is 0 Å². The Labute approximate surface area is 129 Å². The van der Waals surface area contributed by atoms with Crippen LogP contribution in [0.15, 0.2) is 65.2 Å². The molecule has 0 bridgehead atoms. The minimum absolute atomic E-state index is 0.126. The topological polar surface area (TPSA) is 43.1 Å². The highest BCUT2D eigenvalue weighted by Gasteiger charge is 2.10. The van der Waals surface area contributed by atoms with Crippen molar-refractivity contribution >= 4 is 5.78 Å². The molecule has 0 aliphatic carbocycles. The average Bonchev–Trinajstić information content (AvgIpc) is 3.02. The standard InChI is InChI=1S/C19H17NO2/c1-14-6-5-9-16(12-14)18(21)11-10-17-13-20-19(22-17)15-7-3-2-4-8-15/h2-9,12-13H,10-11H2,1H3. The van der Waals surface area contributed by atoms with Gasteiger partial charge >= 0.3 is 0 Å². The fourth-order valence-corrected chi connectivity index (χ4v) is 2.34. The van der Waals surface area contributed by atoms with E-state index in [2.05, 4.69) is 4.98 Å². The maximum absolute atomic E-state index is 12.2. The van der Waals surface area contributed by atoms with Gasteiger partial charge in [0.25, 0.3) is 0 Å². The van der Waals surface area contributed by atoms with Crippen molar-refractivity contribution in [1.82, 2.24) is 4.98 Å². The molecular formula is C19H17NO2. The van der Waals surface area contributed by atoms with E-state index in [-0.39, 0.29) is 5.78 Å². The zero-order valence-corrected chi connectivity index (χ0v) is 12.5. The van der Waals surface area contributed by atoms with Gasteiger partial charge < -0.3 is 4.42 Å². The Hall–Kier alpha value is -2.68. The molecule has 0 N–H and O–H groups in total. The summed E-state index contributed by atoms with van der Waals surface area (Å²) in [5, 5.41) is 0. The van der Waals surface area contributed by atoms with Crippen LogP contribution >= 0.6 is 0 Å². The lowest BCUT2D eigenvalue weighted by Crippen LogP contribution is -2.00. The van der Waals surface area contributed by atoms with Crippen LogP contribution < -0.4 is 0 Å². The summed E-state index contributed by atoms with van der Waals surface area (Å²) in [6.45, 7) is 1.99. The molecule has 3 aromatic rings. The molecule has 0 radical (unpaired) electrons. The van der Waals surface area contributed by atoms with E-state index in [4.69, 9.17) is 4.42 Å². The molecule has 3 nitrogen and oxygen atoms in total. The van der Waals surface area contributed by atoms with E-state index in [0.717, 1.165) is 22.5 Å². The monoisotopic (exact) mass is 291 g/mol. The second-order valence-electron chi connectivity index (χ2n) is 5.29. The summed E-state index contributed by atoms with van der Waals surface area (Å²) in [5.41, 5.74) is 2.79. The summed E-state index contributed by atoms with van der Waals surface area (Å²) < 4.78 is 5.72. The number of carbonyl (C=O) groups excluding carboxylic acids is 1. The lowest BCUT2D eigenvalue weighted by Gasteiger charge is -2.01. The molecule has 0 unspecified atom stereocenters. The number of aryl methyl sites for hydroxylation is 2. The van der Waals surface area contributed by atoms with Gasteiger partial charge in [0.15, 0.2) is 5.78 Å². The Morgan fingerprint density at radius 3 is 2.68 bits per heavy atom. The summed E-state index contributed by atoms with van der Waals surface area (Å²) in [6, 6.07) is 17.4. The van der Waals surface area contributed by atoms with E-state index >= 15 is 0 Å². The van der Waals surface area contributed by atoms with Gasteiger partial charge in [-0.3, -0.25) is 4.79 Å². The molecule has 3 heteroatoms. The number of oxazole rings is 1. The molecule has 0 spiro atoms. The Kier molecular flexibility index (Phi) is 4.15. The van der Waals surface area contributed by atoms with Gasteiger partial charge in [0.05, 0.1) is 6.20 Å². The van der Waals surface area contributed by atoms with Crippen LogP contribution in [0.3, 0.4) is 0 Å². The summed E-state index contributed by atoms with van der Waals surface area (Å²) in [7, 11) is 0. The number of aromatic nitrogens is 1. The molecule has 110 valence electrons. The summed E-state index contributed by atoms with van der Waals surface area (Å²) >= 11 is 0. The van der Waals surface area contributed by atoms with E-state index in [1.54, 1.807) is 6.20 Å². The highest BCUT2D eigenvalue weighted by molar-refractivity contribution is 5.96. The Morgan fingerprint density at radius 1 is 1.09 bits per heavy atom. The molecule has 0 saturated heterocycles. The summed E-state index contributed by atoms with van der Waals surface area (Å²) in [5.74, 6) is 1.46. The third-order valence-electron chi connectivity index (χ3n) is 3.51. The molecule has 0 atom stereocenters. The molecule has 0 amide bonds. The number of rotatable bonds is 5. The van der Waals surface area contributed by atoms with Gasteiger partial charge in [-0.1, -0.05) is 42.0 Å². The van der Waals surface area contributed by atoms with E-state index in [9.17, 15) is 4.79 Å². The lowest BCUT2D eigenvalue weighted by molar-refractivity contribution is 0.0981. The van der Waals surface area contributed by atoms with Crippen LogP contribution in [-0.4, -0.2) is 10.8 Å². The highest BCUT2D eigenvalue weighted by atomic mass is 16.4. The first-order valence-electron chi connectivity index (χ1n) is 7.32. The van der Waals surface area contributed by atoms with Gasteiger partial charge in [-0.25, -0.2) is 4.98 Å². The minimum atomic E-state index is 0.126. The molecule has 0 fully saturated rings.